The van der Waals surface area contributed by atoms with Gasteiger partial charge in [-0.25, -0.2) is 0 Å². The van der Waals surface area contributed by atoms with Crippen LogP contribution in [0.4, 0.5) is 0 Å². The summed E-state index contributed by atoms with van der Waals surface area (Å²) >= 11 is 0. The van der Waals surface area contributed by atoms with Gasteiger partial charge in [0.05, 0.1) is 0 Å². The van der Waals surface area contributed by atoms with Crippen LogP contribution in [-0.4, -0.2) is 31.0 Å². The van der Waals surface area contributed by atoms with E-state index in [-0.39, 0.29) is 6.23 Å². The number of piperidine rings is 2. The van der Waals surface area contributed by atoms with Crippen LogP contribution in [0.15, 0.2) is 0 Å². The van der Waals surface area contributed by atoms with Crippen LogP contribution in [0, 0.1) is 11.8 Å². The molecule has 0 radical (unpaired) electrons. The van der Waals surface area contributed by atoms with Gasteiger partial charge >= 0.3 is 0 Å². The molecule has 3 unspecified atom stereocenters. The van der Waals surface area contributed by atoms with Gasteiger partial charge < -0.3 is 10.4 Å². The van der Waals surface area contributed by atoms with Crippen LogP contribution >= 0.6 is 0 Å². The summed E-state index contributed by atoms with van der Waals surface area (Å²) < 4.78 is 0. The number of nitrogens with one attached hydrogen (secondary N) is 2. The normalized spacial score (nSPS) is 45.0. The third-order valence-electron chi connectivity index (χ3n) is 2.91. The van der Waals surface area contributed by atoms with Crippen molar-refractivity contribution in [1.82, 2.24) is 10.6 Å². The maximum absolute atomic E-state index is 9.31. The molecule has 3 atom stereocenters. The molecule has 0 bridgehead atoms. The van der Waals surface area contributed by atoms with Crippen molar-refractivity contribution >= 4 is 0 Å². The van der Waals surface area contributed by atoms with Gasteiger partial charge in [0.15, 0.2) is 0 Å². The fourth-order valence-electron chi connectivity index (χ4n) is 2.18. The van der Waals surface area contributed by atoms with Crippen molar-refractivity contribution in [1.29, 1.82) is 0 Å². The highest BCUT2D eigenvalue weighted by Gasteiger charge is 2.30. The van der Waals surface area contributed by atoms with Crippen molar-refractivity contribution in [2.24, 2.45) is 11.8 Å². The molecular weight excluding hydrogens is 140 g/mol. The Bertz CT molecular complexity index is 140. The van der Waals surface area contributed by atoms with Crippen LogP contribution in [0.2, 0.25) is 0 Å². The van der Waals surface area contributed by atoms with Crippen molar-refractivity contribution in [3.05, 3.63) is 0 Å². The zero-order valence-electron chi connectivity index (χ0n) is 6.71. The fourth-order valence-corrected chi connectivity index (χ4v) is 2.18. The van der Waals surface area contributed by atoms with Crippen LogP contribution in [0.3, 0.4) is 0 Å². The minimum absolute atomic E-state index is 0.254. The first-order valence-corrected chi connectivity index (χ1v) is 4.48. The summed E-state index contributed by atoms with van der Waals surface area (Å²) in [6.45, 7) is 3.26. The fraction of sp³-hybridized carbons (Fsp3) is 1.00. The number of aliphatic hydroxyl groups is 1. The molecule has 0 saturated carbocycles. The maximum atomic E-state index is 9.31. The highest BCUT2D eigenvalue weighted by atomic mass is 16.3. The van der Waals surface area contributed by atoms with Crippen molar-refractivity contribution in [3.63, 3.8) is 0 Å². The molecule has 3 heteroatoms. The van der Waals surface area contributed by atoms with Crippen molar-refractivity contribution < 1.29 is 5.11 Å². The van der Waals surface area contributed by atoms with Gasteiger partial charge in [-0.3, -0.25) is 5.32 Å². The third kappa shape index (κ3) is 1.55. The first kappa shape index (κ1) is 7.53. The summed E-state index contributed by atoms with van der Waals surface area (Å²) in [7, 11) is 0. The van der Waals surface area contributed by atoms with Crippen LogP contribution in [-0.2, 0) is 0 Å². The summed E-state index contributed by atoms with van der Waals surface area (Å²) in [5.41, 5.74) is 0. The Kier molecular flexibility index (Phi) is 2.11. The zero-order chi connectivity index (χ0) is 7.68. The lowest BCUT2D eigenvalue weighted by molar-refractivity contribution is 0.0414. The highest BCUT2D eigenvalue weighted by Crippen LogP contribution is 2.25. The minimum Gasteiger partial charge on any atom is -0.379 e. The molecule has 0 aromatic carbocycles. The highest BCUT2D eigenvalue weighted by molar-refractivity contribution is 4.84. The summed E-state index contributed by atoms with van der Waals surface area (Å²) in [6.07, 6.45) is 1.94. The Balaban J connectivity index is 1.93. The lowest BCUT2D eigenvalue weighted by Crippen LogP contribution is -2.50. The molecule has 3 N–H and O–H groups in total. The van der Waals surface area contributed by atoms with Crippen LogP contribution in [0.5, 0.6) is 0 Å². The average Bonchev–Trinajstić information content (AvgIpc) is 2.04. The van der Waals surface area contributed by atoms with E-state index in [4.69, 9.17) is 0 Å². The second-order valence-corrected chi connectivity index (χ2v) is 3.67. The Labute approximate surface area is 67.2 Å². The number of hydrogen-bond acceptors (Lipinski definition) is 3. The molecule has 0 aliphatic carbocycles. The first-order chi connectivity index (χ1) is 5.36. The predicted molar refractivity (Wildman–Crippen MR) is 43.1 cm³/mol. The molecule has 2 heterocycles. The monoisotopic (exact) mass is 156 g/mol. The third-order valence-corrected chi connectivity index (χ3v) is 2.91. The summed E-state index contributed by atoms with van der Waals surface area (Å²) in [5, 5.41) is 15.8. The summed E-state index contributed by atoms with van der Waals surface area (Å²) in [5.74, 6) is 1.51. The van der Waals surface area contributed by atoms with E-state index < -0.39 is 0 Å². The standard InChI is InChI=1S/C8H16N2O/c11-8-3-7-4-9-2-1-6(7)5-10-8/h6-11H,1-5H2. The van der Waals surface area contributed by atoms with Gasteiger partial charge in [-0.15, -0.1) is 0 Å². The smallest absolute Gasteiger partial charge is 0.105 e. The molecule has 0 spiro atoms. The van der Waals surface area contributed by atoms with Crippen molar-refractivity contribution in [2.45, 2.75) is 19.1 Å². The molecule has 0 amide bonds. The van der Waals surface area contributed by atoms with Crippen molar-refractivity contribution in [2.75, 3.05) is 19.6 Å². The molecule has 2 aliphatic heterocycles. The summed E-state index contributed by atoms with van der Waals surface area (Å²) in [4.78, 5) is 0. The Hall–Kier alpha value is -0.120. The molecule has 2 rings (SSSR count). The number of rotatable bonds is 0. The average molecular weight is 156 g/mol. The molecule has 0 aromatic heterocycles. The minimum atomic E-state index is -0.254. The van der Waals surface area contributed by atoms with Gasteiger partial charge in [-0.05, 0) is 37.8 Å². The van der Waals surface area contributed by atoms with E-state index in [1.165, 1.54) is 6.42 Å². The van der Waals surface area contributed by atoms with E-state index in [2.05, 4.69) is 10.6 Å². The topological polar surface area (TPSA) is 44.3 Å². The van der Waals surface area contributed by atoms with E-state index >= 15 is 0 Å². The Morgan fingerprint density at radius 1 is 1.18 bits per heavy atom. The predicted octanol–water partition coefficient (Wildman–Crippen LogP) is -0.476. The first-order valence-electron chi connectivity index (χ1n) is 4.48. The van der Waals surface area contributed by atoms with Crippen LogP contribution in [0.25, 0.3) is 0 Å². The zero-order valence-corrected chi connectivity index (χ0v) is 6.71. The Morgan fingerprint density at radius 3 is 3.00 bits per heavy atom. The SMILES string of the molecule is OC1CC2CNCCC2CN1. The van der Waals surface area contributed by atoms with E-state index in [0.29, 0.717) is 5.92 Å². The molecule has 11 heavy (non-hydrogen) atoms. The second-order valence-electron chi connectivity index (χ2n) is 3.67. The van der Waals surface area contributed by atoms with Gasteiger partial charge in [0.25, 0.3) is 0 Å². The maximum Gasteiger partial charge on any atom is 0.105 e. The molecule has 2 aliphatic rings. The van der Waals surface area contributed by atoms with Crippen LogP contribution < -0.4 is 10.6 Å². The van der Waals surface area contributed by atoms with E-state index in [0.717, 1.165) is 32.0 Å². The van der Waals surface area contributed by atoms with Crippen LogP contribution in [0.1, 0.15) is 12.8 Å². The molecule has 0 aromatic rings. The largest absolute Gasteiger partial charge is 0.379 e. The van der Waals surface area contributed by atoms with Gasteiger partial charge in [0.2, 0.25) is 0 Å². The van der Waals surface area contributed by atoms with Gasteiger partial charge in [-0.2, -0.15) is 0 Å². The van der Waals surface area contributed by atoms with E-state index in [9.17, 15) is 5.11 Å². The van der Waals surface area contributed by atoms with Gasteiger partial charge in [0, 0.05) is 6.54 Å². The molecule has 2 saturated heterocycles. The lowest BCUT2D eigenvalue weighted by atomic mass is 9.81. The van der Waals surface area contributed by atoms with Crippen molar-refractivity contribution in [3.8, 4) is 0 Å². The second kappa shape index (κ2) is 3.09. The summed E-state index contributed by atoms with van der Waals surface area (Å²) in [6, 6.07) is 0. The number of aliphatic hydroxyl groups excluding tert-OH is 1. The molecule has 2 fully saturated rings. The number of hydrogen-bond donors (Lipinski definition) is 3. The molecule has 3 nitrogen and oxygen atoms in total. The number of fused-ring (bicyclic) bond motifs is 1. The quantitative estimate of drug-likeness (QED) is 0.444. The Morgan fingerprint density at radius 2 is 2.09 bits per heavy atom. The van der Waals surface area contributed by atoms with E-state index in [1.54, 1.807) is 0 Å². The lowest BCUT2D eigenvalue weighted by Gasteiger charge is -2.38. The van der Waals surface area contributed by atoms with Gasteiger partial charge in [0.1, 0.15) is 6.23 Å². The molecular formula is C8H16N2O. The van der Waals surface area contributed by atoms with Gasteiger partial charge in [-0.1, -0.05) is 0 Å². The van der Waals surface area contributed by atoms with E-state index in [1.807, 2.05) is 0 Å². The molecule has 64 valence electrons.